The van der Waals surface area contributed by atoms with Crippen LogP contribution in [0.25, 0.3) is 0 Å². The predicted molar refractivity (Wildman–Crippen MR) is 79.8 cm³/mol. The van der Waals surface area contributed by atoms with E-state index in [9.17, 15) is 8.42 Å². The Labute approximate surface area is 129 Å². The van der Waals surface area contributed by atoms with Crippen molar-refractivity contribution in [1.29, 1.82) is 5.26 Å². The van der Waals surface area contributed by atoms with Gasteiger partial charge in [0.15, 0.2) is 0 Å². The van der Waals surface area contributed by atoms with Crippen molar-refractivity contribution in [1.82, 2.24) is 9.03 Å². The van der Waals surface area contributed by atoms with E-state index in [-0.39, 0.29) is 13.0 Å². The van der Waals surface area contributed by atoms with E-state index in [0.29, 0.717) is 15.6 Å². The molecule has 0 aliphatic carbocycles. The highest BCUT2D eigenvalue weighted by Crippen LogP contribution is 2.26. The highest BCUT2D eigenvalue weighted by atomic mass is 35.5. The number of hydrogen-bond acceptors (Lipinski definition) is 3. The minimum Gasteiger partial charge on any atom is -0.198 e. The number of halogens is 2. The van der Waals surface area contributed by atoms with E-state index in [1.165, 1.54) is 7.05 Å². The van der Waals surface area contributed by atoms with Gasteiger partial charge in [0.05, 0.1) is 6.07 Å². The van der Waals surface area contributed by atoms with Crippen LogP contribution in [0.4, 0.5) is 0 Å². The van der Waals surface area contributed by atoms with E-state index in [1.54, 1.807) is 25.1 Å². The summed E-state index contributed by atoms with van der Waals surface area (Å²) >= 11 is 11.8. The molecule has 0 aliphatic heterocycles. The van der Waals surface area contributed by atoms with Crippen LogP contribution < -0.4 is 4.72 Å². The highest BCUT2D eigenvalue weighted by Gasteiger charge is 2.21. The lowest BCUT2D eigenvalue weighted by atomic mass is 10.1. The molecular formula is C12H15Cl2N3O2S. The van der Waals surface area contributed by atoms with Crippen LogP contribution in [0.1, 0.15) is 24.9 Å². The first-order valence-corrected chi connectivity index (χ1v) is 8.03. The number of hydrogen-bond donors (Lipinski definition) is 1. The Kier molecular flexibility index (Phi) is 6.24. The summed E-state index contributed by atoms with van der Waals surface area (Å²) in [5.74, 6) is 0. The van der Waals surface area contributed by atoms with Gasteiger partial charge in [0.1, 0.15) is 0 Å². The smallest absolute Gasteiger partial charge is 0.198 e. The Balaban J connectivity index is 2.84. The minimum atomic E-state index is -3.67. The molecule has 0 aromatic heterocycles. The fraction of sp³-hybridized carbons (Fsp3) is 0.417. The van der Waals surface area contributed by atoms with Crippen molar-refractivity contribution in [2.45, 2.75) is 19.4 Å². The molecule has 0 spiro atoms. The number of rotatable bonds is 6. The van der Waals surface area contributed by atoms with Gasteiger partial charge in [-0.2, -0.15) is 22.7 Å². The molecule has 0 heterocycles. The van der Waals surface area contributed by atoms with Crippen LogP contribution >= 0.6 is 23.2 Å². The molecule has 0 radical (unpaired) electrons. The zero-order chi connectivity index (χ0) is 15.3. The third kappa shape index (κ3) is 4.62. The Bertz CT molecular complexity index is 614. The molecule has 0 saturated heterocycles. The van der Waals surface area contributed by atoms with Crippen molar-refractivity contribution in [3.05, 3.63) is 33.8 Å². The molecular weight excluding hydrogens is 321 g/mol. The van der Waals surface area contributed by atoms with Crippen molar-refractivity contribution < 1.29 is 8.42 Å². The first kappa shape index (κ1) is 17.2. The number of benzene rings is 1. The van der Waals surface area contributed by atoms with Crippen molar-refractivity contribution >= 4 is 33.4 Å². The lowest BCUT2D eigenvalue weighted by Gasteiger charge is -2.21. The second kappa shape index (κ2) is 7.25. The summed E-state index contributed by atoms with van der Waals surface area (Å²) in [7, 11) is -2.25. The summed E-state index contributed by atoms with van der Waals surface area (Å²) in [6, 6.07) is 6.27. The Hall–Kier alpha value is -0.840. The molecule has 1 rings (SSSR count). The Morgan fingerprint density at radius 1 is 1.45 bits per heavy atom. The van der Waals surface area contributed by atoms with Crippen LogP contribution in [-0.4, -0.2) is 26.3 Å². The first-order valence-electron chi connectivity index (χ1n) is 5.83. The Morgan fingerprint density at radius 3 is 2.65 bits per heavy atom. The summed E-state index contributed by atoms with van der Waals surface area (Å²) in [5.41, 5.74) is 0.633. The maximum Gasteiger partial charge on any atom is 0.279 e. The van der Waals surface area contributed by atoms with E-state index in [2.05, 4.69) is 4.72 Å². The SMILES string of the molecule is C[C@H](NS(=O)(=O)N(C)CCC#N)c1ccc(Cl)cc1Cl. The van der Waals surface area contributed by atoms with Gasteiger partial charge in [-0.05, 0) is 24.6 Å². The average molecular weight is 336 g/mol. The zero-order valence-electron chi connectivity index (χ0n) is 11.1. The third-order valence-electron chi connectivity index (χ3n) is 2.70. The molecule has 8 heteroatoms. The second-order valence-electron chi connectivity index (χ2n) is 4.24. The molecule has 20 heavy (non-hydrogen) atoms. The van der Waals surface area contributed by atoms with Crippen LogP contribution in [0.3, 0.4) is 0 Å². The molecule has 1 atom stereocenters. The van der Waals surface area contributed by atoms with Gasteiger partial charge in [-0.3, -0.25) is 0 Å². The second-order valence-corrected chi connectivity index (χ2v) is 6.89. The quantitative estimate of drug-likeness (QED) is 0.868. The van der Waals surface area contributed by atoms with Crippen molar-refractivity contribution in [2.75, 3.05) is 13.6 Å². The fourth-order valence-corrected chi connectivity index (χ4v) is 3.21. The molecule has 1 aromatic carbocycles. The molecule has 0 amide bonds. The summed E-state index contributed by atoms with van der Waals surface area (Å²) in [4.78, 5) is 0. The fourth-order valence-electron chi connectivity index (χ4n) is 1.56. The number of nitrogens with one attached hydrogen (secondary N) is 1. The van der Waals surface area contributed by atoms with Gasteiger partial charge >= 0.3 is 0 Å². The lowest BCUT2D eigenvalue weighted by molar-refractivity contribution is 0.456. The largest absolute Gasteiger partial charge is 0.279 e. The van der Waals surface area contributed by atoms with Crippen molar-refractivity contribution in [3.63, 3.8) is 0 Å². The van der Waals surface area contributed by atoms with Gasteiger partial charge in [-0.25, -0.2) is 0 Å². The zero-order valence-corrected chi connectivity index (χ0v) is 13.4. The summed E-state index contributed by atoms with van der Waals surface area (Å²) in [6.45, 7) is 1.82. The number of nitrogens with zero attached hydrogens (tertiary/aromatic N) is 2. The molecule has 1 aromatic rings. The Morgan fingerprint density at radius 2 is 2.10 bits per heavy atom. The standard InChI is InChI=1S/C12H15Cl2N3O2S/c1-9(11-5-4-10(13)8-12(11)14)16-20(18,19)17(2)7-3-6-15/h4-5,8-9,16H,3,7H2,1-2H3/t9-/m0/s1. The van der Waals surface area contributed by atoms with Gasteiger partial charge in [0.2, 0.25) is 0 Å². The van der Waals surface area contributed by atoms with Crippen LogP contribution in [0.5, 0.6) is 0 Å². The number of nitriles is 1. The van der Waals surface area contributed by atoms with Crippen LogP contribution in [-0.2, 0) is 10.2 Å². The van der Waals surface area contributed by atoms with Crippen LogP contribution in [0, 0.1) is 11.3 Å². The van der Waals surface area contributed by atoms with Gasteiger partial charge in [-0.15, -0.1) is 0 Å². The van der Waals surface area contributed by atoms with Crippen LogP contribution in [0.2, 0.25) is 10.0 Å². The normalized spacial score (nSPS) is 13.2. The predicted octanol–water partition coefficient (Wildman–Crippen LogP) is 2.73. The molecule has 5 nitrogen and oxygen atoms in total. The van der Waals surface area contributed by atoms with Crippen molar-refractivity contribution in [2.24, 2.45) is 0 Å². The topological polar surface area (TPSA) is 73.2 Å². The molecule has 0 bridgehead atoms. The maximum absolute atomic E-state index is 12.0. The monoisotopic (exact) mass is 335 g/mol. The van der Waals surface area contributed by atoms with Crippen LogP contribution in [0.15, 0.2) is 18.2 Å². The minimum absolute atomic E-state index is 0.132. The molecule has 0 fully saturated rings. The lowest BCUT2D eigenvalue weighted by Crippen LogP contribution is -2.39. The summed E-state index contributed by atoms with van der Waals surface area (Å²) < 4.78 is 27.7. The van der Waals surface area contributed by atoms with Gasteiger partial charge < -0.3 is 0 Å². The molecule has 0 unspecified atom stereocenters. The average Bonchev–Trinajstić information content (AvgIpc) is 2.34. The summed E-state index contributed by atoms with van der Waals surface area (Å²) in [6.07, 6.45) is 0.132. The first-order chi connectivity index (χ1) is 9.27. The molecule has 110 valence electrons. The van der Waals surface area contributed by atoms with E-state index in [1.807, 2.05) is 6.07 Å². The summed E-state index contributed by atoms with van der Waals surface area (Å²) in [5, 5.41) is 9.36. The molecule has 0 saturated carbocycles. The van der Waals surface area contributed by atoms with E-state index >= 15 is 0 Å². The highest BCUT2D eigenvalue weighted by molar-refractivity contribution is 7.87. The van der Waals surface area contributed by atoms with E-state index in [0.717, 1.165) is 4.31 Å². The molecule has 1 N–H and O–H groups in total. The van der Waals surface area contributed by atoms with E-state index in [4.69, 9.17) is 28.5 Å². The van der Waals surface area contributed by atoms with Crippen molar-refractivity contribution in [3.8, 4) is 6.07 Å². The van der Waals surface area contributed by atoms with Gasteiger partial charge in [0.25, 0.3) is 10.2 Å². The van der Waals surface area contributed by atoms with E-state index < -0.39 is 16.3 Å². The van der Waals surface area contributed by atoms with Gasteiger partial charge in [0, 0.05) is 36.1 Å². The molecule has 0 aliphatic rings. The van der Waals surface area contributed by atoms with Gasteiger partial charge in [-0.1, -0.05) is 29.3 Å². The maximum atomic E-state index is 12.0. The third-order valence-corrected chi connectivity index (χ3v) is 4.92.